The van der Waals surface area contributed by atoms with E-state index >= 15 is 0 Å². The highest BCUT2D eigenvalue weighted by molar-refractivity contribution is 9.10. The molecule has 1 N–H and O–H groups in total. The summed E-state index contributed by atoms with van der Waals surface area (Å²) in [5.74, 6) is 0. The summed E-state index contributed by atoms with van der Waals surface area (Å²) >= 11 is 14.5. The van der Waals surface area contributed by atoms with E-state index in [1.165, 1.54) is 0 Å². The van der Waals surface area contributed by atoms with E-state index in [2.05, 4.69) is 31.9 Å². The smallest absolute Gasteiger partial charge is 0.0853 e. The molecule has 0 saturated heterocycles. The van der Waals surface area contributed by atoms with Crippen molar-refractivity contribution in [3.05, 3.63) is 54.1 Å². The summed E-state index contributed by atoms with van der Waals surface area (Å²) in [4.78, 5) is 1.12. The van der Waals surface area contributed by atoms with Gasteiger partial charge in [0.1, 0.15) is 0 Å². The molecule has 0 aliphatic carbocycles. The summed E-state index contributed by atoms with van der Waals surface area (Å²) in [5, 5.41) is 12.8. The molecule has 0 aliphatic heterocycles. The molecule has 90 valence electrons. The minimum atomic E-state index is -0.578. The molecule has 1 aromatic carbocycles. The molecule has 1 atom stereocenters. The van der Waals surface area contributed by atoms with E-state index in [-0.39, 0.29) is 0 Å². The molecule has 0 bridgehead atoms. The monoisotopic (exact) mass is 394 g/mol. The molecule has 1 unspecified atom stereocenters. The zero-order valence-electron chi connectivity index (χ0n) is 8.66. The first-order valence-electron chi connectivity index (χ1n) is 4.93. The molecular formula is C12H9Br2ClOS. The zero-order valence-corrected chi connectivity index (χ0v) is 13.4. The van der Waals surface area contributed by atoms with Crippen LogP contribution < -0.4 is 0 Å². The van der Waals surface area contributed by atoms with Gasteiger partial charge in [-0.05, 0) is 45.1 Å². The van der Waals surface area contributed by atoms with E-state index in [9.17, 15) is 5.11 Å². The van der Waals surface area contributed by atoms with Crippen LogP contribution in [0.4, 0.5) is 0 Å². The van der Waals surface area contributed by atoms with Gasteiger partial charge in [-0.15, -0.1) is 11.3 Å². The lowest BCUT2D eigenvalue weighted by molar-refractivity contribution is 0.179. The summed E-state index contributed by atoms with van der Waals surface area (Å²) < 4.78 is 1.95. The van der Waals surface area contributed by atoms with E-state index in [1.807, 2.05) is 23.6 Å². The number of aliphatic hydroxyl groups excluding tert-OH is 1. The largest absolute Gasteiger partial charge is 0.388 e. The Morgan fingerprint density at radius 3 is 2.65 bits per heavy atom. The van der Waals surface area contributed by atoms with Crippen LogP contribution in [-0.2, 0) is 6.42 Å². The highest BCUT2D eigenvalue weighted by Crippen LogP contribution is 2.32. The van der Waals surface area contributed by atoms with Crippen LogP contribution >= 0.6 is 54.8 Å². The number of thiophene rings is 1. The maximum Gasteiger partial charge on any atom is 0.0853 e. The number of aliphatic hydroxyl groups is 1. The summed E-state index contributed by atoms with van der Waals surface area (Å²) in [7, 11) is 0. The standard InChI is InChI=1S/C12H9Br2ClOS/c13-7-1-2-8(10(15)5-7)11(16)6-12-9(14)3-4-17-12/h1-5,11,16H,6H2. The molecule has 0 spiro atoms. The lowest BCUT2D eigenvalue weighted by Gasteiger charge is -2.12. The van der Waals surface area contributed by atoms with Crippen molar-refractivity contribution in [2.45, 2.75) is 12.5 Å². The summed E-state index contributed by atoms with van der Waals surface area (Å²) in [6, 6.07) is 7.51. The van der Waals surface area contributed by atoms with Gasteiger partial charge in [0.05, 0.1) is 6.10 Å². The topological polar surface area (TPSA) is 20.2 Å². The average molecular weight is 397 g/mol. The Kier molecular flexibility index (Phi) is 4.66. The molecule has 17 heavy (non-hydrogen) atoms. The van der Waals surface area contributed by atoms with Crippen molar-refractivity contribution in [2.75, 3.05) is 0 Å². The van der Waals surface area contributed by atoms with Crippen molar-refractivity contribution < 1.29 is 5.11 Å². The Morgan fingerprint density at radius 2 is 2.06 bits per heavy atom. The molecule has 0 saturated carbocycles. The first-order chi connectivity index (χ1) is 8.08. The quantitative estimate of drug-likeness (QED) is 0.756. The summed E-state index contributed by atoms with van der Waals surface area (Å²) in [5.41, 5.74) is 0.759. The lowest BCUT2D eigenvalue weighted by atomic mass is 10.1. The number of hydrogen-bond donors (Lipinski definition) is 1. The molecule has 1 aromatic heterocycles. The maximum absolute atomic E-state index is 10.2. The van der Waals surface area contributed by atoms with E-state index in [0.29, 0.717) is 11.4 Å². The fourth-order valence-corrected chi connectivity index (χ4v) is 3.88. The molecule has 1 nitrogen and oxygen atoms in total. The normalized spacial score (nSPS) is 12.7. The predicted octanol–water partition coefficient (Wildman–Crippen LogP) is 5.20. The number of halogens is 3. The van der Waals surface area contributed by atoms with Gasteiger partial charge in [-0.25, -0.2) is 0 Å². The van der Waals surface area contributed by atoms with E-state index < -0.39 is 6.10 Å². The molecule has 1 heterocycles. The van der Waals surface area contributed by atoms with Crippen LogP contribution in [0.1, 0.15) is 16.5 Å². The Morgan fingerprint density at radius 1 is 1.29 bits per heavy atom. The van der Waals surface area contributed by atoms with Gasteiger partial charge in [-0.2, -0.15) is 0 Å². The second-order valence-electron chi connectivity index (χ2n) is 3.58. The highest BCUT2D eigenvalue weighted by Gasteiger charge is 2.14. The van der Waals surface area contributed by atoms with Crippen LogP contribution in [0.2, 0.25) is 5.02 Å². The van der Waals surface area contributed by atoms with Crippen LogP contribution in [0.3, 0.4) is 0 Å². The predicted molar refractivity (Wildman–Crippen MR) is 79.8 cm³/mol. The summed E-state index contributed by atoms with van der Waals surface area (Å²) in [6.45, 7) is 0. The highest BCUT2D eigenvalue weighted by atomic mass is 79.9. The van der Waals surface area contributed by atoms with Crippen LogP contribution in [0.5, 0.6) is 0 Å². The van der Waals surface area contributed by atoms with Gasteiger partial charge < -0.3 is 5.11 Å². The maximum atomic E-state index is 10.2. The van der Waals surface area contributed by atoms with Crippen molar-refractivity contribution in [1.82, 2.24) is 0 Å². The van der Waals surface area contributed by atoms with Crippen molar-refractivity contribution in [1.29, 1.82) is 0 Å². The molecule has 0 aliphatic rings. The van der Waals surface area contributed by atoms with Crippen molar-refractivity contribution in [2.24, 2.45) is 0 Å². The van der Waals surface area contributed by atoms with Gasteiger partial charge in [0.15, 0.2) is 0 Å². The molecule has 2 rings (SSSR count). The molecular weight excluding hydrogens is 387 g/mol. The summed E-state index contributed by atoms with van der Waals surface area (Å²) in [6.07, 6.45) is -0.00914. The Hall–Kier alpha value is 0.130. The van der Waals surface area contributed by atoms with Crippen LogP contribution in [0.15, 0.2) is 38.6 Å². The van der Waals surface area contributed by atoms with Gasteiger partial charge in [-0.3, -0.25) is 0 Å². The minimum absolute atomic E-state index is 0.569. The van der Waals surface area contributed by atoms with E-state index in [4.69, 9.17) is 11.6 Å². The van der Waals surface area contributed by atoms with E-state index in [0.717, 1.165) is 19.4 Å². The second kappa shape index (κ2) is 5.85. The van der Waals surface area contributed by atoms with Gasteiger partial charge in [0, 0.05) is 25.3 Å². The molecule has 0 fully saturated rings. The minimum Gasteiger partial charge on any atom is -0.388 e. The van der Waals surface area contributed by atoms with Crippen molar-refractivity contribution >= 4 is 54.8 Å². The number of rotatable bonds is 3. The Bertz CT molecular complexity index is 527. The van der Waals surface area contributed by atoms with Gasteiger partial charge in [0.2, 0.25) is 0 Å². The second-order valence-corrected chi connectivity index (χ2v) is 6.76. The first-order valence-corrected chi connectivity index (χ1v) is 7.77. The SMILES string of the molecule is OC(Cc1sccc1Br)c1ccc(Br)cc1Cl. The molecule has 0 radical (unpaired) electrons. The third-order valence-electron chi connectivity index (χ3n) is 2.39. The van der Waals surface area contributed by atoms with Crippen LogP contribution in [0, 0.1) is 0 Å². The fourth-order valence-electron chi connectivity index (χ4n) is 1.53. The molecule has 5 heteroatoms. The van der Waals surface area contributed by atoms with Gasteiger partial charge in [-0.1, -0.05) is 33.6 Å². The molecule has 0 amide bonds. The van der Waals surface area contributed by atoms with Crippen molar-refractivity contribution in [3.63, 3.8) is 0 Å². The number of hydrogen-bond acceptors (Lipinski definition) is 2. The fraction of sp³-hybridized carbons (Fsp3) is 0.167. The van der Waals surface area contributed by atoms with Crippen LogP contribution in [0.25, 0.3) is 0 Å². The van der Waals surface area contributed by atoms with Crippen LogP contribution in [-0.4, -0.2) is 5.11 Å². The zero-order chi connectivity index (χ0) is 12.4. The first kappa shape index (κ1) is 13.6. The van der Waals surface area contributed by atoms with Gasteiger partial charge >= 0.3 is 0 Å². The Labute approximate surface area is 126 Å². The Balaban J connectivity index is 2.20. The van der Waals surface area contributed by atoms with Crippen molar-refractivity contribution in [3.8, 4) is 0 Å². The number of benzene rings is 1. The van der Waals surface area contributed by atoms with Gasteiger partial charge in [0.25, 0.3) is 0 Å². The van der Waals surface area contributed by atoms with E-state index in [1.54, 1.807) is 17.4 Å². The third kappa shape index (κ3) is 3.32. The molecule has 2 aromatic rings. The lowest BCUT2D eigenvalue weighted by Crippen LogP contribution is -2.01. The third-order valence-corrected chi connectivity index (χ3v) is 5.16. The average Bonchev–Trinajstić information content (AvgIpc) is 2.64.